The summed E-state index contributed by atoms with van der Waals surface area (Å²) in [6.45, 7) is 3.31. The molecule has 0 atom stereocenters. The van der Waals surface area contributed by atoms with Gasteiger partial charge in [-0.1, -0.05) is 30.4 Å². The lowest BCUT2D eigenvalue weighted by Gasteiger charge is -2.11. The van der Waals surface area contributed by atoms with E-state index in [1.165, 1.54) is 6.92 Å². The lowest BCUT2D eigenvalue weighted by molar-refractivity contribution is -0.138. The lowest BCUT2D eigenvalue weighted by atomic mass is 10.2. The van der Waals surface area contributed by atoms with Crippen LogP contribution in [0.5, 0.6) is 0 Å². The van der Waals surface area contributed by atoms with Gasteiger partial charge in [0.25, 0.3) is 0 Å². The molecule has 0 aromatic heterocycles. The van der Waals surface area contributed by atoms with Crippen molar-refractivity contribution in [2.75, 3.05) is 11.9 Å². The van der Waals surface area contributed by atoms with E-state index in [1.54, 1.807) is 6.92 Å². The van der Waals surface area contributed by atoms with Crippen molar-refractivity contribution < 1.29 is 14.6 Å². The molecule has 1 aromatic rings. The van der Waals surface area contributed by atoms with E-state index >= 15 is 0 Å². The van der Waals surface area contributed by atoms with Gasteiger partial charge in [0.1, 0.15) is 16.3 Å². The minimum Gasteiger partial charge on any atom is -0.512 e. The number of carbonyl (C=O) groups is 1. The van der Waals surface area contributed by atoms with Crippen LogP contribution in [-0.4, -0.2) is 22.7 Å². The summed E-state index contributed by atoms with van der Waals surface area (Å²) in [6, 6.07) is 9.16. The number of ether oxygens (including phenoxy) is 1. The monoisotopic (exact) mass is 265 g/mol. The lowest BCUT2D eigenvalue weighted by Crippen LogP contribution is -2.22. The minimum absolute atomic E-state index is 0.0179. The molecule has 0 saturated carbocycles. The third-order valence-electron chi connectivity index (χ3n) is 2.10. The topological polar surface area (TPSA) is 58.6 Å². The van der Waals surface area contributed by atoms with Crippen molar-refractivity contribution in [3.05, 3.63) is 41.7 Å². The number of carbonyl (C=O) groups excluding carboxylic acids is 1. The van der Waals surface area contributed by atoms with Crippen molar-refractivity contribution in [2.45, 2.75) is 13.8 Å². The van der Waals surface area contributed by atoms with Crippen LogP contribution >= 0.6 is 12.2 Å². The highest BCUT2D eigenvalue weighted by atomic mass is 32.1. The third kappa shape index (κ3) is 3.85. The van der Waals surface area contributed by atoms with Gasteiger partial charge in [0.05, 0.1) is 6.61 Å². The molecule has 2 N–H and O–H groups in total. The van der Waals surface area contributed by atoms with Crippen LogP contribution in [0.15, 0.2) is 41.7 Å². The highest BCUT2D eigenvalue weighted by molar-refractivity contribution is 7.81. The Morgan fingerprint density at radius 1 is 1.39 bits per heavy atom. The van der Waals surface area contributed by atoms with Crippen LogP contribution in [0, 0.1) is 0 Å². The minimum atomic E-state index is -0.633. The van der Waals surface area contributed by atoms with Crippen LogP contribution in [-0.2, 0) is 9.53 Å². The maximum absolute atomic E-state index is 11.6. The quantitative estimate of drug-likeness (QED) is 0.379. The highest BCUT2D eigenvalue weighted by Gasteiger charge is 2.19. The van der Waals surface area contributed by atoms with Crippen LogP contribution in [0.2, 0.25) is 0 Å². The Bertz CT molecular complexity index is 464. The number of benzene rings is 1. The third-order valence-corrected chi connectivity index (χ3v) is 2.41. The van der Waals surface area contributed by atoms with Gasteiger partial charge in [0.2, 0.25) is 0 Å². The van der Waals surface area contributed by atoms with Gasteiger partial charge in [0, 0.05) is 5.69 Å². The molecule has 4 nitrogen and oxygen atoms in total. The van der Waals surface area contributed by atoms with E-state index in [0.717, 1.165) is 5.69 Å². The van der Waals surface area contributed by atoms with Gasteiger partial charge in [-0.2, -0.15) is 0 Å². The first kappa shape index (κ1) is 14.2. The second-order valence-corrected chi connectivity index (χ2v) is 3.91. The molecule has 0 unspecified atom stereocenters. The summed E-state index contributed by atoms with van der Waals surface area (Å²) in [5, 5.41) is 12.4. The molecule has 5 heteroatoms. The first-order chi connectivity index (χ1) is 8.56. The van der Waals surface area contributed by atoms with Gasteiger partial charge >= 0.3 is 5.97 Å². The predicted octanol–water partition coefficient (Wildman–Crippen LogP) is 2.82. The normalized spacial score (nSPS) is 11.4. The zero-order valence-corrected chi connectivity index (χ0v) is 11.1. The number of esters is 1. The van der Waals surface area contributed by atoms with Crippen LogP contribution in [0.4, 0.5) is 5.69 Å². The second kappa shape index (κ2) is 6.76. The molecule has 18 heavy (non-hydrogen) atoms. The zero-order chi connectivity index (χ0) is 13.5. The molecule has 0 aliphatic heterocycles. The summed E-state index contributed by atoms with van der Waals surface area (Å²) >= 11 is 5.09. The number of hydrogen-bond donors (Lipinski definition) is 2. The van der Waals surface area contributed by atoms with Crippen molar-refractivity contribution in [3.63, 3.8) is 0 Å². The van der Waals surface area contributed by atoms with E-state index in [9.17, 15) is 9.90 Å². The molecule has 0 bridgehead atoms. The maximum atomic E-state index is 11.6. The number of nitrogens with one attached hydrogen (secondary N) is 1. The molecule has 1 rings (SSSR count). The molecule has 96 valence electrons. The number of allylic oxidation sites excluding steroid dienone is 1. The summed E-state index contributed by atoms with van der Waals surface area (Å²) < 4.78 is 4.84. The van der Waals surface area contributed by atoms with Crippen LogP contribution < -0.4 is 5.32 Å². The summed E-state index contributed by atoms with van der Waals surface area (Å²) in [7, 11) is 0. The molecule has 0 heterocycles. The van der Waals surface area contributed by atoms with Gasteiger partial charge < -0.3 is 15.2 Å². The SMILES string of the molecule is CCOC(=O)/C(C(=S)Nc1ccccc1)=C(/C)O. The van der Waals surface area contributed by atoms with E-state index in [4.69, 9.17) is 17.0 Å². The summed E-state index contributed by atoms with van der Waals surface area (Å²) in [5.74, 6) is -0.798. The van der Waals surface area contributed by atoms with Crippen LogP contribution in [0.25, 0.3) is 0 Å². The average Bonchev–Trinajstić information content (AvgIpc) is 2.30. The van der Waals surface area contributed by atoms with Gasteiger partial charge in [-0.25, -0.2) is 4.79 Å². The van der Waals surface area contributed by atoms with E-state index < -0.39 is 5.97 Å². The number of aliphatic hydroxyl groups excluding tert-OH is 1. The summed E-state index contributed by atoms with van der Waals surface area (Å²) in [5.41, 5.74) is 0.723. The molecule has 1 aromatic carbocycles. The van der Waals surface area contributed by atoms with Crippen molar-refractivity contribution >= 4 is 28.9 Å². The van der Waals surface area contributed by atoms with Crippen molar-refractivity contribution in [1.82, 2.24) is 0 Å². The highest BCUT2D eigenvalue weighted by Crippen LogP contribution is 2.12. The standard InChI is InChI=1S/C13H15NO3S/c1-3-17-13(16)11(9(2)15)12(18)14-10-7-5-4-6-8-10/h4-8,15H,3H2,1-2H3,(H,14,18)/b11-9-. The van der Waals surface area contributed by atoms with Crippen molar-refractivity contribution in [1.29, 1.82) is 0 Å². The molecule has 0 amide bonds. The van der Waals surface area contributed by atoms with Crippen molar-refractivity contribution in [2.24, 2.45) is 0 Å². The number of thiocarbonyl (C=S) groups is 1. The Labute approximate surface area is 111 Å². The van der Waals surface area contributed by atoms with Gasteiger partial charge in [-0.15, -0.1) is 0 Å². The Balaban J connectivity index is 2.86. The fourth-order valence-electron chi connectivity index (χ4n) is 1.32. The Hall–Kier alpha value is -1.88. The number of aliphatic hydroxyl groups is 1. The molecule has 0 saturated heterocycles. The van der Waals surface area contributed by atoms with E-state index in [1.807, 2.05) is 30.3 Å². The Morgan fingerprint density at radius 3 is 2.50 bits per heavy atom. The first-order valence-electron chi connectivity index (χ1n) is 5.49. The molecular weight excluding hydrogens is 250 g/mol. The van der Waals surface area contributed by atoms with Crippen LogP contribution in [0.3, 0.4) is 0 Å². The number of para-hydroxylation sites is 1. The van der Waals surface area contributed by atoms with E-state index in [-0.39, 0.29) is 22.9 Å². The Kier molecular flexibility index (Phi) is 5.32. The number of anilines is 1. The average molecular weight is 265 g/mol. The van der Waals surface area contributed by atoms with Crippen LogP contribution in [0.1, 0.15) is 13.8 Å². The summed E-state index contributed by atoms with van der Waals surface area (Å²) in [6.07, 6.45) is 0. The van der Waals surface area contributed by atoms with Gasteiger partial charge in [0.15, 0.2) is 0 Å². The molecule has 0 aliphatic rings. The first-order valence-corrected chi connectivity index (χ1v) is 5.90. The molecule has 0 spiro atoms. The molecule has 0 fully saturated rings. The fourth-order valence-corrected chi connectivity index (χ4v) is 1.67. The zero-order valence-electron chi connectivity index (χ0n) is 10.3. The summed E-state index contributed by atoms with van der Waals surface area (Å²) in [4.78, 5) is 11.8. The number of hydrogen-bond acceptors (Lipinski definition) is 4. The molecule has 0 aliphatic carbocycles. The van der Waals surface area contributed by atoms with Gasteiger partial charge in [-0.3, -0.25) is 0 Å². The van der Waals surface area contributed by atoms with E-state index in [2.05, 4.69) is 5.32 Å². The predicted molar refractivity (Wildman–Crippen MR) is 74.6 cm³/mol. The Morgan fingerprint density at radius 2 is 2.00 bits per heavy atom. The smallest absolute Gasteiger partial charge is 0.344 e. The molecule has 0 radical (unpaired) electrons. The molecular formula is C13H15NO3S. The fraction of sp³-hybridized carbons (Fsp3) is 0.231. The van der Waals surface area contributed by atoms with Gasteiger partial charge in [-0.05, 0) is 26.0 Å². The van der Waals surface area contributed by atoms with E-state index in [0.29, 0.717) is 0 Å². The number of rotatable bonds is 4. The second-order valence-electron chi connectivity index (χ2n) is 3.50. The largest absolute Gasteiger partial charge is 0.512 e. The maximum Gasteiger partial charge on any atom is 0.344 e. The van der Waals surface area contributed by atoms with Crippen molar-refractivity contribution in [3.8, 4) is 0 Å².